The molecule has 5 nitrogen and oxygen atoms in total. The molecule has 0 bridgehead atoms. The maximum absolute atomic E-state index is 13.1. The second-order valence-corrected chi connectivity index (χ2v) is 9.02. The number of nitrogens with zero attached hydrogens (tertiary/aromatic N) is 2. The van der Waals surface area contributed by atoms with Crippen molar-refractivity contribution in [1.29, 1.82) is 0 Å². The largest absolute Gasteiger partial charge is 0.366 e. The minimum absolute atomic E-state index is 0.0756. The van der Waals surface area contributed by atoms with Crippen molar-refractivity contribution >= 4 is 11.8 Å². The summed E-state index contributed by atoms with van der Waals surface area (Å²) in [6, 6.07) is 14.0. The van der Waals surface area contributed by atoms with Crippen LogP contribution >= 0.6 is 0 Å². The standard InChI is InChI=1S/C25H30FN3O2/c26-21-9-7-19(8-10-21)17-29-18-25(16-23(29)30)11-14-28(15-12-25)13-3-5-20-4-1-2-6-22(20)24(27)31/h1-2,4,6-10H,3,5,11-18H2,(H2,27,31). The van der Waals surface area contributed by atoms with Gasteiger partial charge < -0.3 is 15.5 Å². The Morgan fingerprint density at radius 3 is 2.48 bits per heavy atom. The van der Waals surface area contributed by atoms with E-state index in [0.29, 0.717) is 18.5 Å². The molecule has 0 atom stereocenters. The number of likely N-dealkylation sites (tertiary alicyclic amines) is 2. The zero-order chi connectivity index (χ0) is 21.8. The van der Waals surface area contributed by atoms with Crippen LogP contribution in [0.2, 0.25) is 0 Å². The van der Waals surface area contributed by atoms with E-state index in [0.717, 1.165) is 63.0 Å². The summed E-state index contributed by atoms with van der Waals surface area (Å²) in [6.45, 7) is 4.33. The van der Waals surface area contributed by atoms with Gasteiger partial charge in [-0.1, -0.05) is 30.3 Å². The number of carbonyl (C=O) groups is 2. The summed E-state index contributed by atoms with van der Waals surface area (Å²) in [5.74, 6) is -0.411. The number of amides is 2. The van der Waals surface area contributed by atoms with Crippen molar-refractivity contribution < 1.29 is 14.0 Å². The van der Waals surface area contributed by atoms with Gasteiger partial charge in [0.1, 0.15) is 5.82 Å². The Hall–Kier alpha value is -2.73. The van der Waals surface area contributed by atoms with Crippen molar-refractivity contribution in [2.45, 2.75) is 38.6 Å². The fourth-order valence-electron chi connectivity index (χ4n) is 4.99. The molecular formula is C25H30FN3O2. The quantitative estimate of drug-likeness (QED) is 0.743. The molecule has 2 saturated heterocycles. The molecule has 0 aromatic heterocycles. The Balaban J connectivity index is 1.25. The van der Waals surface area contributed by atoms with Gasteiger partial charge in [-0.25, -0.2) is 4.39 Å². The predicted octanol–water partition coefficient (Wildman–Crippen LogP) is 3.37. The molecule has 0 unspecified atom stereocenters. The summed E-state index contributed by atoms with van der Waals surface area (Å²) >= 11 is 0. The zero-order valence-corrected chi connectivity index (χ0v) is 17.9. The molecule has 2 aromatic carbocycles. The molecule has 164 valence electrons. The van der Waals surface area contributed by atoms with Gasteiger partial charge >= 0.3 is 0 Å². The first-order valence-electron chi connectivity index (χ1n) is 11.1. The van der Waals surface area contributed by atoms with E-state index in [2.05, 4.69) is 4.90 Å². The lowest BCUT2D eigenvalue weighted by molar-refractivity contribution is -0.128. The molecule has 0 saturated carbocycles. The summed E-state index contributed by atoms with van der Waals surface area (Å²) in [4.78, 5) is 28.6. The van der Waals surface area contributed by atoms with E-state index in [4.69, 9.17) is 5.73 Å². The molecule has 4 rings (SSSR count). The second-order valence-electron chi connectivity index (χ2n) is 9.02. The zero-order valence-electron chi connectivity index (χ0n) is 17.9. The van der Waals surface area contributed by atoms with Crippen LogP contribution in [0.1, 0.15) is 47.2 Å². The van der Waals surface area contributed by atoms with Crippen LogP contribution in [-0.4, -0.2) is 47.8 Å². The Morgan fingerprint density at radius 2 is 1.77 bits per heavy atom. The number of benzene rings is 2. The number of piperidine rings is 1. The van der Waals surface area contributed by atoms with E-state index >= 15 is 0 Å². The van der Waals surface area contributed by atoms with Crippen LogP contribution in [0.5, 0.6) is 0 Å². The van der Waals surface area contributed by atoms with E-state index < -0.39 is 0 Å². The lowest BCUT2D eigenvalue weighted by atomic mass is 9.77. The smallest absolute Gasteiger partial charge is 0.248 e. The third kappa shape index (κ3) is 5.13. The number of rotatable bonds is 7. The number of hydrogen-bond acceptors (Lipinski definition) is 3. The molecule has 31 heavy (non-hydrogen) atoms. The molecule has 2 aliphatic heterocycles. The molecule has 1 spiro atoms. The molecule has 0 radical (unpaired) electrons. The molecule has 0 aliphatic carbocycles. The van der Waals surface area contributed by atoms with Crippen molar-refractivity contribution in [3.8, 4) is 0 Å². The van der Waals surface area contributed by atoms with E-state index in [1.165, 1.54) is 12.1 Å². The molecule has 6 heteroatoms. The van der Waals surface area contributed by atoms with Crippen molar-refractivity contribution in [2.24, 2.45) is 11.1 Å². The summed E-state index contributed by atoms with van der Waals surface area (Å²) in [5.41, 5.74) is 8.16. The maximum atomic E-state index is 13.1. The molecule has 2 aliphatic rings. The molecular weight excluding hydrogens is 393 g/mol. The second kappa shape index (κ2) is 9.18. The fourth-order valence-corrected chi connectivity index (χ4v) is 4.99. The number of aryl methyl sites for hydroxylation is 1. The third-order valence-electron chi connectivity index (χ3n) is 6.81. The molecule has 2 aromatic rings. The van der Waals surface area contributed by atoms with Crippen molar-refractivity contribution in [3.05, 3.63) is 71.0 Å². The van der Waals surface area contributed by atoms with Gasteiger partial charge in [0.25, 0.3) is 0 Å². The number of hydrogen-bond donors (Lipinski definition) is 1. The Labute approximate surface area is 183 Å². The van der Waals surface area contributed by atoms with Gasteiger partial charge in [-0.3, -0.25) is 9.59 Å². The van der Waals surface area contributed by atoms with Crippen molar-refractivity contribution in [2.75, 3.05) is 26.2 Å². The Bertz CT molecular complexity index is 936. The third-order valence-corrected chi connectivity index (χ3v) is 6.81. The number of primary amides is 1. The van der Waals surface area contributed by atoms with E-state index in [9.17, 15) is 14.0 Å². The summed E-state index contributed by atoms with van der Waals surface area (Å²) < 4.78 is 13.1. The lowest BCUT2D eigenvalue weighted by Crippen LogP contribution is -2.42. The maximum Gasteiger partial charge on any atom is 0.248 e. The first-order valence-corrected chi connectivity index (χ1v) is 11.1. The van der Waals surface area contributed by atoms with Gasteiger partial charge in [-0.05, 0) is 80.1 Å². The van der Waals surface area contributed by atoms with Gasteiger partial charge in [-0.2, -0.15) is 0 Å². The van der Waals surface area contributed by atoms with Crippen LogP contribution < -0.4 is 5.73 Å². The normalized spacial score (nSPS) is 18.6. The highest BCUT2D eigenvalue weighted by Gasteiger charge is 2.44. The van der Waals surface area contributed by atoms with Crippen LogP contribution in [0.25, 0.3) is 0 Å². The first kappa shape index (κ1) is 21.5. The summed E-state index contributed by atoms with van der Waals surface area (Å²) in [6.07, 6.45) is 4.48. The fraction of sp³-hybridized carbons (Fsp3) is 0.440. The average Bonchev–Trinajstić information content (AvgIpc) is 3.06. The highest BCUT2D eigenvalue weighted by atomic mass is 19.1. The number of nitrogens with two attached hydrogens (primary N) is 1. The van der Waals surface area contributed by atoms with Crippen LogP contribution in [-0.2, 0) is 17.8 Å². The van der Waals surface area contributed by atoms with Crippen LogP contribution in [0.3, 0.4) is 0 Å². The van der Waals surface area contributed by atoms with E-state index in [1.54, 1.807) is 18.2 Å². The first-order chi connectivity index (χ1) is 14.9. The van der Waals surface area contributed by atoms with E-state index in [1.807, 2.05) is 23.1 Å². The lowest BCUT2D eigenvalue weighted by Gasteiger charge is -2.39. The van der Waals surface area contributed by atoms with Gasteiger partial charge in [0.2, 0.25) is 11.8 Å². The van der Waals surface area contributed by atoms with Gasteiger partial charge in [0.05, 0.1) is 0 Å². The summed E-state index contributed by atoms with van der Waals surface area (Å²) in [5, 5.41) is 0. The minimum Gasteiger partial charge on any atom is -0.366 e. The number of carbonyl (C=O) groups excluding carboxylic acids is 2. The number of halogens is 1. The van der Waals surface area contributed by atoms with E-state index in [-0.39, 0.29) is 23.0 Å². The van der Waals surface area contributed by atoms with Crippen LogP contribution in [0.15, 0.2) is 48.5 Å². The monoisotopic (exact) mass is 423 g/mol. The van der Waals surface area contributed by atoms with Crippen molar-refractivity contribution in [3.63, 3.8) is 0 Å². The molecule has 2 N–H and O–H groups in total. The minimum atomic E-state index is -0.369. The van der Waals surface area contributed by atoms with Gasteiger partial charge in [-0.15, -0.1) is 0 Å². The SMILES string of the molecule is NC(=O)c1ccccc1CCCN1CCC2(CC1)CC(=O)N(Cc1ccc(F)cc1)C2. The highest BCUT2D eigenvalue weighted by Crippen LogP contribution is 2.41. The Morgan fingerprint density at radius 1 is 1.06 bits per heavy atom. The topological polar surface area (TPSA) is 66.6 Å². The summed E-state index contributed by atoms with van der Waals surface area (Å²) in [7, 11) is 0. The van der Waals surface area contributed by atoms with Gasteiger partial charge in [0, 0.05) is 25.1 Å². The van der Waals surface area contributed by atoms with Crippen LogP contribution in [0, 0.1) is 11.2 Å². The molecule has 2 amide bonds. The van der Waals surface area contributed by atoms with Crippen LogP contribution in [0.4, 0.5) is 4.39 Å². The predicted molar refractivity (Wildman–Crippen MR) is 118 cm³/mol. The Kier molecular flexibility index (Phi) is 6.37. The van der Waals surface area contributed by atoms with Crippen molar-refractivity contribution in [1.82, 2.24) is 9.80 Å². The highest BCUT2D eigenvalue weighted by molar-refractivity contribution is 5.94. The average molecular weight is 424 g/mol. The van der Waals surface area contributed by atoms with Gasteiger partial charge in [0.15, 0.2) is 0 Å². The molecule has 2 heterocycles. The molecule has 2 fully saturated rings.